The maximum atomic E-state index is 9.83. The Morgan fingerprint density at radius 1 is 1.27 bits per heavy atom. The summed E-state index contributed by atoms with van der Waals surface area (Å²) in [6, 6.07) is 10.00. The van der Waals surface area contributed by atoms with Gasteiger partial charge in [-0.25, -0.2) is 4.98 Å². The van der Waals surface area contributed by atoms with Crippen LogP contribution in [-0.4, -0.2) is 20.8 Å². The maximum Gasteiger partial charge on any atom is 0.0946 e. The molecule has 1 N–H and O–H groups in total. The number of hydrogen-bond donors (Lipinski definition) is 1. The SMILES string of the molecule is OC(Cc1ccccc1)Cn1ccnc1. The molecule has 1 heterocycles. The molecule has 0 aliphatic heterocycles. The van der Waals surface area contributed by atoms with Gasteiger partial charge in [-0.15, -0.1) is 0 Å². The van der Waals surface area contributed by atoms with Crippen LogP contribution < -0.4 is 0 Å². The minimum Gasteiger partial charge on any atom is -0.391 e. The number of aromatic nitrogens is 2. The molecule has 3 nitrogen and oxygen atoms in total. The van der Waals surface area contributed by atoms with Crippen LogP contribution in [0.5, 0.6) is 0 Å². The summed E-state index contributed by atoms with van der Waals surface area (Å²) in [7, 11) is 0. The van der Waals surface area contributed by atoms with Gasteiger partial charge in [-0.05, 0) is 5.56 Å². The van der Waals surface area contributed by atoms with Crippen molar-refractivity contribution in [3.63, 3.8) is 0 Å². The van der Waals surface area contributed by atoms with Gasteiger partial charge >= 0.3 is 0 Å². The van der Waals surface area contributed by atoms with Crippen molar-refractivity contribution in [3.8, 4) is 0 Å². The highest BCUT2D eigenvalue weighted by atomic mass is 16.3. The molecule has 0 spiro atoms. The zero-order valence-electron chi connectivity index (χ0n) is 8.45. The Balaban J connectivity index is 1.90. The van der Waals surface area contributed by atoms with E-state index in [9.17, 15) is 5.11 Å². The molecule has 0 saturated heterocycles. The lowest BCUT2D eigenvalue weighted by Gasteiger charge is -2.10. The second-order valence-electron chi connectivity index (χ2n) is 3.60. The fourth-order valence-electron chi connectivity index (χ4n) is 1.59. The van der Waals surface area contributed by atoms with Crippen LogP contribution in [0, 0.1) is 0 Å². The lowest BCUT2D eigenvalue weighted by Crippen LogP contribution is -2.17. The van der Waals surface area contributed by atoms with Crippen molar-refractivity contribution in [1.29, 1.82) is 0 Å². The predicted molar refractivity (Wildman–Crippen MR) is 58.4 cm³/mol. The third kappa shape index (κ3) is 2.92. The van der Waals surface area contributed by atoms with Gasteiger partial charge in [0.15, 0.2) is 0 Å². The predicted octanol–water partition coefficient (Wildman–Crippen LogP) is 1.49. The van der Waals surface area contributed by atoms with E-state index in [2.05, 4.69) is 4.98 Å². The fraction of sp³-hybridized carbons (Fsp3) is 0.250. The largest absolute Gasteiger partial charge is 0.391 e. The van der Waals surface area contributed by atoms with Gasteiger partial charge in [0, 0.05) is 25.4 Å². The van der Waals surface area contributed by atoms with Crippen LogP contribution in [0.1, 0.15) is 5.56 Å². The Labute approximate surface area is 89.0 Å². The number of aliphatic hydroxyl groups is 1. The standard InChI is InChI=1S/C12H14N2O/c15-12(9-14-7-6-13-10-14)8-11-4-2-1-3-5-11/h1-7,10,12,15H,8-9H2. The zero-order chi connectivity index (χ0) is 10.5. The molecule has 0 aliphatic rings. The van der Waals surface area contributed by atoms with Crippen molar-refractivity contribution in [2.75, 3.05) is 0 Å². The van der Waals surface area contributed by atoms with Crippen LogP contribution in [0.2, 0.25) is 0 Å². The van der Waals surface area contributed by atoms with Crippen LogP contribution in [0.15, 0.2) is 49.1 Å². The van der Waals surface area contributed by atoms with Crippen LogP contribution in [0.3, 0.4) is 0 Å². The van der Waals surface area contributed by atoms with E-state index in [1.54, 1.807) is 12.5 Å². The zero-order valence-corrected chi connectivity index (χ0v) is 8.45. The van der Waals surface area contributed by atoms with E-state index in [4.69, 9.17) is 0 Å². The van der Waals surface area contributed by atoms with E-state index in [0.717, 1.165) is 5.56 Å². The first kappa shape index (κ1) is 9.93. The van der Waals surface area contributed by atoms with Gasteiger partial charge in [-0.3, -0.25) is 0 Å². The van der Waals surface area contributed by atoms with Crippen molar-refractivity contribution >= 4 is 0 Å². The van der Waals surface area contributed by atoms with Crippen LogP contribution in [0.25, 0.3) is 0 Å². The minimum atomic E-state index is -0.360. The summed E-state index contributed by atoms with van der Waals surface area (Å²) in [6.07, 6.45) is 5.61. The number of nitrogens with zero attached hydrogens (tertiary/aromatic N) is 2. The molecule has 0 amide bonds. The van der Waals surface area contributed by atoms with Gasteiger partial charge in [0.2, 0.25) is 0 Å². The minimum absolute atomic E-state index is 0.360. The van der Waals surface area contributed by atoms with Crippen molar-refractivity contribution in [1.82, 2.24) is 9.55 Å². The maximum absolute atomic E-state index is 9.83. The second kappa shape index (κ2) is 4.75. The topological polar surface area (TPSA) is 38.0 Å². The molecule has 78 valence electrons. The summed E-state index contributed by atoms with van der Waals surface area (Å²) in [6.45, 7) is 0.592. The molecule has 0 bridgehead atoms. The van der Waals surface area contributed by atoms with Crippen LogP contribution >= 0.6 is 0 Å². The highest BCUT2D eigenvalue weighted by Gasteiger charge is 2.05. The molecule has 15 heavy (non-hydrogen) atoms. The quantitative estimate of drug-likeness (QED) is 0.815. The first-order chi connectivity index (χ1) is 7.34. The van der Waals surface area contributed by atoms with Crippen LogP contribution in [0.4, 0.5) is 0 Å². The average molecular weight is 202 g/mol. The van der Waals surface area contributed by atoms with Crippen LogP contribution in [-0.2, 0) is 13.0 Å². The van der Waals surface area contributed by atoms with E-state index in [-0.39, 0.29) is 6.10 Å². The summed E-state index contributed by atoms with van der Waals surface area (Å²) in [4.78, 5) is 3.93. The molecule has 1 atom stereocenters. The lowest BCUT2D eigenvalue weighted by molar-refractivity contribution is 0.154. The highest BCUT2D eigenvalue weighted by Crippen LogP contribution is 2.04. The van der Waals surface area contributed by atoms with E-state index in [1.807, 2.05) is 41.1 Å². The third-order valence-electron chi connectivity index (χ3n) is 2.29. The molecule has 1 aromatic carbocycles. The molecule has 0 fully saturated rings. The van der Waals surface area contributed by atoms with Gasteiger partial charge < -0.3 is 9.67 Å². The molecule has 0 aliphatic carbocycles. The Morgan fingerprint density at radius 3 is 2.73 bits per heavy atom. The van der Waals surface area contributed by atoms with Gasteiger partial charge in [0.1, 0.15) is 0 Å². The van der Waals surface area contributed by atoms with Crippen molar-refractivity contribution in [2.24, 2.45) is 0 Å². The highest BCUT2D eigenvalue weighted by molar-refractivity contribution is 5.15. The molecular formula is C12H14N2O. The molecule has 2 rings (SSSR count). The summed E-state index contributed by atoms with van der Waals surface area (Å²) in [5.41, 5.74) is 1.16. The normalized spacial score (nSPS) is 12.6. The summed E-state index contributed by atoms with van der Waals surface area (Å²) < 4.78 is 1.88. The third-order valence-corrected chi connectivity index (χ3v) is 2.29. The molecule has 0 saturated carbocycles. The Hall–Kier alpha value is -1.61. The molecule has 1 unspecified atom stereocenters. The molecular weight excluding hydrogens is 188 g/mol. The second-order valence-corrected chi connectivity index (χ2v) is 3.60. The molecule has 0 radical (unpaired) electrons. The van der Waals surface area contributed by atoms with Crippen molar-refractivity contribution in [3.05, 3.63) is 54.6 Å². The Morgan fingerprint density at radius 2 is 2.07 bits per heavy atom. The fourth-order valence-corrected chi connectivity index (χ4v) is 1.59. The number of benzene rings is 1. The first-order valence-corrected chi connectivity index (χ1v) is 5.02. The monoisotopic (exact) mass is 202 g/mol. The summed E-state index contributed by atoms with van der Waals surface area (Å²) >= 11 is 0. The Kier molecular flexibility index (Phi) is 3.15. The number of aliphatic hydroxyl groups excluding tert-OH is 1. The van der Waals surface area contributed by atoms with E-state index < -0.39 is 0 Å². The Bertz CT molecular complexity index is 383. The van der Waals surface area contributed by atoms with Crippen molar-refractivity contribution in [2.45, 2.75) is 19.1 Å². The van der Waals surface area contributed by atoms with Gasteiger partial charge in [0.05, 0.1) is 12.4 Å². The van der Waals surface area contributed by atoms with E-state index in [1.165, 1.54) is 0 Å². The molecule has 2 aromatic rings. The number of rotatable bonds is 4. The number of hydrogen-bond acceptors (Lipinski definition) is 2. The first-order valence-electron chi connectivity index (χ1n) is 5.02. The molecule has 3 heteroatoms. The average Bonchev–Trinajstić information content (AvgIpc) is 2.71. The number of imidazole rings is 1. The smallest absolute Gasteiger partial charge is 0.0946 e. The van der Waals surface area contributed by atoms with Gasteiger partial charge in [-0.2, -0.15) is 0 Å². The lowest BCUT2D eigenvalue weighted by atomic mass is 10.1. The summed E-state index contributed by atoms with van der Waals surface area (Å²) in [5.74, 6) is 0. The van der Waals surface area contributed by atoms with Crippen molar-refractivity contribution < 1.29 is 5.11 Å². The van der Waals surface area contributed by atoms with Gasteiger partial charge in [0.25, 0.3) is 0 Å². The van der Waals surface area contributed by atoms with E-state index in [0.29, 0.717) is 13.0 Å². The van der Waals surface area contributed by atoms with E-state index >= 15 is 0 Å². The molecule has 1 aromatic heterocycles. The summed E-state index contributed by atoms with van der Waals surface area (Å²) in [5, 5.41) is 9.83. The van der Waals surface area contributed by atoms with Gasteiger partial charge in [-0.1, -0.05) is 30.3 Å².